The van der Waals surface area contributed by atoms with Crippen molar-refractivity contribution in [2.24, 2.45) is 5.41 Å². The molecular weight excluding hydrogens is 170 g/mol. The lowest BCUT2D eigenvalue weighted by atomic mass is 9.90. The first-order valence-electron chi connectivity index (χ1n) is 6.22. The van der Waals surface area contributed by atoms with Gasteiger partial charge in [0.15, 0.2) is 0 Å². The molecule has 0 aromatic rings. The van der Waals surface area contributed by atoms with E-state index in [1.165, 1.54) is 45.3 Å². The van der Waals surface area contributed by atoms with Crippen molar-refractivity contribution < 1.29 is 0 Å². The van der Waals surface area contributed by atoms with Crippen molar-refractivity contribution in [1.82, 2.24) is 4.90 Å². The summed E-state index contributed by atoms with van der Waals surface area (Å²) in [6.07, 6.45) is 5.36. The van der Waals surface area contributed by atoms with E-state index in [0.717, 1.165) is 0 Å². The summed E-state index contributed by atoms with van der Waals surface area (Å²) < 4.78 is 0. The highest BCUT2D eigenvalue weighted by Gasteiger charge is 2.10. The van der Waals surface area contributed by atoms with E-state index in [0.29, 0.717) is 5.41 Å². The second-order valence-electron chi connectivity index (χ2n) is 5.45. The summed E-state index contributed by atoms with van der Waals surface area (Å²) in [5.74, 6) is 0. The zero-order chi connectivity index (χ0) is 11.0. The fourth-order valence-corrected chi connectivity index (χ4v) is 1.64. The normalized spacial score (nSPS) is 12.4. The number of hydrogen-bond acceptors (Lipinski definition) is 1. The molecule has 0 bridgehead atoms. The smallest absolute Gasteiger partial charge is 0.00187 e. The van der Waals surface area contributed by atoms with Gasteiger partial charge >= 0.3 is 0 Å². The van der Waals surface area contributed by atoms with E-state index in [1.54, 1.807) is 0 Å². The van der Waals surface area contributed by atoms with E-state index >= 15 is 0 Å². The predicted octanol–water partition coefficient (Wildman–Crippen LogP) is 3.93. The van der Waals surface area contributed by atoms with Gasteiger partial charge in [0.05, 0.1) is 0 Å². The Labute approximate surface area is 90.9 Å². The zero-order valence-electron chi connectivity index (χ0n) is 10.9. The van der Waals surface area contributed by atoms with Gasteiger partial charge in [0.25, 0.3) is 0 Å². The third kappa shape index (κ3) is 8.55. The lowest BCUT2D eigenvalue weighted by Gasteiger charge is -2.23. The molecule has 0 aliphatic carbocycles. The summed E-state index contributed by atoms with van der Waals surface area (Å²) in [5, 5.41) is 0. The monoisotopic (exact) mass is 199 g/mol. The van der Waals surface area contributed by atoms with E-state index in [-0.39, 0.29) is 0 Å². The van der Waals surface area contributed by atoms with Gasteiger partial charge in [-0.3, -0.25) is 0 Å². The second-order valence-corrected chi connectivity index (χ2v) is 5.45. The molecule has 0 rings (SSSR count). The predicted molar refractivity (Wildman–Crippen MR) is 65.7 cm³/mol. The Morgan fingerprint density at radius 1 is 0.929 bits per heavy atom. The van der Waals surface area contributed by atoms with Gasteiger partial charge in [-0.15, -0.1) is 0 Å². The van der Waals surface area contributed by atoms with Crippen LogP contribution in [-0.2, 0) is 0 Å². The Morgan fingerprint density at radius 3 is 1.93 bits per heavy atom. The molecular formula is C13H29N. The summed E-state index contributed by atoms with van der Waals surface area (Å²) in [7, 11) is 0. The first-order valence-corrected chi connectivity index (χ1v) is 6.22. The van der Waals surface area contributed by atoms with Gasteiger partial charge in [-0.05, 0) is 44.3 Å². The number of nitrogens with zero attached hydrogens (tertiary/aromatic N) is 1. The van der Waals surface area contributed by atoms with Crippen molar-refractivity contribution in [2.45, 2.75) is 60.3 Å². The molecule has 0 aromatic carbocycles. The van der Waals surface area contributed by atoms with Crippen LogP contribution in [0.2, 0.25) is 0 Å². The topological polar surface area (TPSA) is 3.24 Å². The molecule has 0 spiro atoms. The second kappa shape index (κ2) is 7.28. The van der Waals surface area contributed by atoms with E-state index in [2.05, 4.69) is 39.5 Å². The summed E-state index contributed by atoms with van der Waals surface area (Å²) in [4.78, 5) is 2.58. The van der Waals surface area contributed by atoms with E-state index in [4.69, 9.17) is 0 Å². The van der Waals surface area contributed by atoms with Crippen molar-refractivity contribution in [2.75, 3.05) is 19.6 Å². The molecule has 0 radical (unpaired) electrons. The maximum atomic E-state index is 2.58. The summed E-state index contributed by atoms with van der Waals surface area (Å²) in [6, 6.07) is 0. The molecule has 0 saturated heterocycles. The van der Waals surface area contributed by atoms with Gasteiger partial charge in [0, 0.05) is 0 Å². The molecule has 0 amide bonds. The highest BCUT2D eigenvalue weighted by atomic mass is 15.1. The fraction of sp³-hybridized carbons (Fsp3) is 1.00. The lowest BCUT2D eigenvalue weighted by Crippen LogP contribution is -2.26. The van der Waals surface area contributed by atoms with Crippen LogP contribution in [0, 0.1) is 5.41 Å². The summed E-state index contributed by atoms with van der Waals surface area (Å²) in [6.45, 7) is 15.3. The van der Waals surface area contributed by atoms with Gasteiger partial charge in [0.2, 0.25) is 0 Å². The average molecular weight is 199 g/mol. The van der Waals surface area contributed by atoms with Gasteiger partial charge < -0.3 is 4.90 Å². The van der Waals surface area contributed by atoms with Crippen LogP contribution in [0.25, 0.3) is 0 Å². The van der Waals surface area contributed by atoms with Crippen LogP contribution in [0.5, 0.6) is 0 Å². The minimum Gasteiger partial charge on any atom is -0.304 e. The van der Waals surface area contributed by atoms with Gasteiger partial charge in [-0.2, -0.15) is 0 Å². The van der Waals surface area contributed by atoms with Crippen LogP contribution in [0.3, 0.4) is 0 Å². The maximum Gasteiger partial charge on any atom is -0.00187 e. The fourth-order valence-electron chi connectivity index (χ4n) is 1.64. The molecule has 0 fully saturated rings. The Kier molecular flexibility index (Phi) is 7.26. The Bertz CT molecular complexity index is 124. The molecule has 0 aliphatic heterocycles. The Morgan fingerprint density at radius 2 is 1.50 bits per heavy atom. The van der Waals surface area contributed by atoms with E-state index < -0.39 is 0 Å². The van der Waals surface area contributed by atoms with Crippen molar-refractivity contribution in [3.05, 3.63) is 0 Å². The summed E-state index contributed by atoms with van der Waals surface area (Å²) in [5.41, 5.74) is 0.504. The Balaban J connectivity index is 3.52. The van der Waals surface area contributed by atoms with Crippen molar-refractivity contribution in [1.29, 1.82) is 0 Å². The van der Waals surface area contributed by atoms with Gasteiger partial charge in [0.1, 0.15) is 0 Å². The van der Waals surface area contributed by atoms with Crippen molar-refractivity contribution >= 4 is 0 Å². The standard InChI is InChI=1S/C13H29N/c1-6-8-11-14(7-2)12-9-10-13(3,4)5/h6-12H2,1-5H3. The van der Waals surface area contributed by atoms with Crippen molar-refractivity contribution in [3.63, 3.8) is 0 Å². The quantitative estimate of drug-likeness (QED) is 0.600. The number of rotatable bonds is 7. The average Bonchev–Trinajstić information content (AvgIpc) is 2.09. The summed E-state index contributed by atoms with van der Waals surface area (Å²) >= 11 is 0. The first kappa shape index (κ1) is 14.0. The van der Waals surface area contributed by atoms with Crippen LogP contribution in [0.15, 0.2) is 0 Å². The molecule has 1 heteroatoms. The molecule has 0 aromatic heterocycles. The molecule has 0 saturated carbocycles. The van der Waals surface area contributed by atoms with Crippen LogP contribution in [0.4, 0.5) is 0 Å². The largest absolute Gasteiger partial charge is 0.304 e. The van der Waals surface area contributed by atoms with E-state index in [9.17, 15) is 0 Å². The third-order valence-corrected chi connectivity index (χ3v) is 2.68. The Hall–Kier alpha value is -0.0400. The highest BCUT2D eigenvalue weighted by molar-refractivity contribution is 4.63. The molecule has 0 aliphatic rings. The SMILES string of the molecule is CCCCN(CC)CCCC(C)(C)C. The highest BCUT2D eigenvalue weighted by Crippen LogP contribution is 2.20. The number of unbranched alkanes of at least 4 members (excludes halogenated alkanes) is 1. The first-order chi connectivity index (χ1) is 6.49. The molecule has 0 unspecified atom stereocenters. The zero-order valence-corrected chi connectivity index (χ0v) is 10.9. The van der Waals surface area contributed by atoms with Crippen molar-refractivity contribution in [3.8, 4) is 0 Å². The molecule has 0 heterocycles. The minimum absolute atomic E-state index is 0.504. The van der Waals surface area contributed by atoms with Crippen LogP contribution in [0.1, 0.15) is 60.3 Å². The molecule has 0 N–H and O–H groups in total. The van der Waals surface area contributed by atoms with Crippen LogP contribution >= 0.6 is 0 Å². The molecule has 0 atom stereocenters. The molecule has 1 nitrogen and oxygen atoms in total. The van der Waals surface area contributed by atoms with Gasteiger partial charge in [-0.25, -0.2) is 0 Å². The minimum atomic E-state index is 0.504. The number of hydrogen-bond donors (Lipinski definition) is 0. The maximum absolute atomic E-state index is 2.58. The lowest BCUT2D eigenvalue weighted by molar-refractivity contribution is 0.255. The van der Waals surface area contributed by atoms with Crippen LogP contribution < -0.4 is 0 Å². The van der Waals surface area contributed by atoms with E-state index in [1.807, 2.05) is 0 Å². The molecule has 86 valence electrons. The third-order valence-electron chi connectivity index (χ3n) is 2.68. The van der Waals surface area contributed by atoms with Gasteiger partial charge in [-0.1, -0.05) is 41.0 Å². The van der Waals surface area contributed by atoms with Crippen LogP contribution in [-0.4, -0.2) is 24.5 Å². The molecule has 14 heavy (non-hydrogen) atoms.